The summed E-state index contributed by atoms with van der Waals surface area (Å²) in [5.41, 5.74) is 1.01. The fourth-order valence-electron chi connectivity index (χ4n) is 1.43. The average molecular weight is 349 g/mol. The summed E-state index contributed by atoms with van der Waals surface area (Å²) < 4.78 is 25.6. The SMILES string of the molecule is CNC(=O)CCN(C)S(=O)(=O)c1ccc(CBr)cc1. The second-order valence-electron chi connectivity index (χ2n) is 4.03. The van der Waals surface area contributed by atoms with Gasteiger partial charge in [-0.05, 0) is 17.7 Å². The molecule has 1 N–H and O–H groups in total. The molecule has 19 heavy (non-hydrogen) atoms. The molecule has 1 amide bonds. The van der Waals surface area contributed by atoms with Crippen LogP contribution in [0.1, 0.15) is 12.0 Å². The average Bonchev–Trinajstić information content (AvgIpc) is 2.44. The zero-order valence-corrected chi connectivity index (χ0v) is 13.3. The van der Waals surface area contributed by atoms with Gasteiger partial charge in [-0.1, -0.05) is 28.1 Å². The molecule has 1 aromatic rings. The Kier molecular flexibility index (Phi) is 5.96. The number of sulfonamides is 1. The van der Waals surface area contributed by atoms with Crippen molar-refractivity contribution >= 4 is 31.9 Å². The maximum Gasteiger partial charge on any atom is 0.242 e. The molecule has 0 heterocycles. The number of carbonyl (C=O) groups is 1. The number of benzene rings is 1. The molecule has 0 aromatic heterocycles. The molecule has 0 aliphatic heterocycles. The number of alkyl halides is 1. The molecule has 0 aliphatic carbocycles. The Morgan fingerprint density at radius 1 is 1.32 bits per heavy atom. The van der Waals surface area contributed by atoms with E-state index in [4.69, 9.17) is 0 Å². The van der Waals surface area contributed by atoms with Crippen molar-refractivity contribution in [3.8, 4) is 0 Å². The normalized spacial score (nSPS) is 11.6. The number of hydrogen-bond donors (Lipinski definition) is 1. The molecular weight excluding hydrogens is 332 g/mol. The number of carbonyl (C=O) groups excluding carboxylic acids is 1. The lowest BCUT2D eigenvalue weighted by Crippen LogP contribution is -2.31. The number of nitrogens with zero attached hydrogens (tertiary/aromatic N) is 1. The van der Waals surface area contributed by atoms with E-state index in [-0.39, 0.29) is 23.8 Å². The molecular formula is C12H17BrN2O3S. The number of amides is 1. The Morgan fingerprint density at radius 3 is 2.37 bits per heavy atom. The predicted octanol–water partition coefficient (Wildman–Crippen LogP) is 1.34. The Bertz CT molecular complexity index is 528. The maximum atomic E-state index is 12.2. The largest absolute Gasteiger partial charge is 0.359 e. The minimum Gasteiger partial charge on any atom is -0.359 e. The number of hydrogen-bond acceptors (Lipinski definition) is 3. The molecule has 0 saturated carbocycles. The molecule has 0 spiro atoms. The van der Waals surface area contributed by atoms with E-state index in [0.717, 1.165) is 5.56 Å². The molecule has 5 nitrogen and oxygen atoms in total. The van der Waals surface area contributed by atoms with Crippen molar-refractivity contribution in [2.45, 2.75) is 16.6 Å². The van der Waals surface area contributed by atoms with E-state index in [2.05, 4.69) is 21.2 Å². The summed E-state index contributed by atoms with van der Waals surface area (Å²) in [6.07, 6.45) is 0.145. The Balaban J connectivity index is 2.81. The van der Waals surface area contributed by atoms with E-state index in [0.29, 0.717) is 5.33 Å². The Labute approximate surface area is 122 Å². The first-order valence-electron chi connectivity index (χ1n) is 5.73. The van der Waals surface area contributed by atoms with Crippen LogP contribution in [0, 0.1) is 0 Å². The van der Waals surface area contributed by atoms with E-state index in [9.17, 15) is 13.2 Å². The van der Waals surface area contributed by atoms with Crippen LogP contribution in [0.3, 0.4) is 0 Å². The van der Waals surface area contributed by atoms with Gasteiger partial charge < -0.3 is 5.32 Å². The molecule has 0 radical (unpaired) electrons. The molecule has 106 valence electrons. The van der Waals surface area contributed by atoms with Crippen molar-refractivity contribution < 1.29 is 13.2 Å². The van der Waals surface area contributed by atoms with Gasteiger partial charge >= 0.3 is 0 Å². The molecule has 7 heteroatoms. The molecule has 0 bridgehead atoms. The lowest BCUT2D eigenvalue weighted by molar-refractivity contribution is -0.120. The molecule has 1 aromatic carbocycles. The minimum absolute atomic E-state index is 0.145. The third-order valence-corrected chi connectivity index (χ3v) is 5.24. The van der Waals surface area contributed by atoms with Crippen molar-refractivity contribution in [1.29, 1.82) is 0 Å². The zero-order valence-electron chi connectivity index (χ0n) is 10.9. The lowest BCUT2D eigenvalue weighted by atomic mass is 10.2. The van der Waals surface area contributed by atoms with Gasteiger partial charge in [0, 0.05) is 32.4 Å². The van der Waals surface area contributed by atoms with Crippen LogP contribution < -0.4 is 5.32 Å². The van der Waals surface area contributed by atoms with Crippen molar-refractivity contribution in [2.75, 3.05) is 20.6 Å². The van der Waals surface area contributed by atoms with Crippen molar-refractivity contribution in [2.24, 2.45) is 0 Å². The minimum atomic E-state index is -3.53. The fraction of sp³-hybridized carbons (Fsp3) is 0.417. The summed E-state index contributed by atoms with van der Waals surface area (Å²) in [6, 6.07) is 6.66. The zero-order chi connectivity index (χ0) is 14.5. The predicted molar refractivity (Wildman–Crippen MR) is 77.6 cm³/mol. The highest BCUT2D eigenvalue weighted by atomic mass is 79.9. The van der Waals surface area contributed by atoms with Crippen LogP contribution in [-0.2, 0) is 20.1 Å². The van der Waals surface area contributed by atoms with Gasteiger partial charge in [0.15, 0.2) is 0 Å². The lowest BCUT2D eigenvalue weighted by Gasteiger charge is -2.16. The maximum absolute atomic E-state index is 12.2. The topological polar surface area (TPSA) is 66.5 Å². The van der Waals surface area contributed by atoms with Gasteiger partial charge in [0.1, 0.15) is 0 Å². The van der Waals surface area contributed by atoms with E-state index in [1.54, 1.807) is 24.3 Å². The fourth-order valence-corrected chi connectivity index (χ4v) is 2.98. The van der Waals surface area contributed by atoms with Gasteiger partial charge in [0.05, 0.1) is 4.90 Å². The van der Waals surface area contributed by atoms with Crippen molar-refractivity contribution in [3.63, 3.8) is 0 Å². The summed E-state index contributed by atoms with van der Waals surface area (Å²) in [5, 5.41) is 3.14. The van der Waals surface area contributed by atoms with Crippen LogP contribution in [0.15, 0.2) is 29.2 Å². The summed E-state index contributed by atoms with van der Waals surface area (Å²) in [6.45, 7) is 0.155. The highest BCUT2D eigenvalue weighted by Gasteiger charge is 2.20. The van der Waals surface area contributed by atoms with Gasteiger partial charge in [-0.3, -0.25) is 4.79 Å². The van der Waals surface area contributed by atoms with Gasteiger partial charge in [0.25, 0.3) is 0 Å². The first-order chi connectivity index (χ1) is 8.91. The highest BCUT2D eigenvalue weighted by Crippen LogP contribution is 2.16. The van der Waals surface area contributed by atoms with Crippen LogP contribution in [0.25, 0.3) is 0 Å². The molecule has 1 rings (SSSR count). The third-order valence-electron chi connectivity index (χ3n) is 2.72. The van der Waals surface area contributed by atoms with Gasteiger partial charge in [0.2, 0.25) is 15.9 Å². The number of nitrogens with one attached hydrogen (secondary N) is 1. The summed E-state index contributed by atoms with van der Waals surface area (Å²) in [7, 11) is -0.537. The summed E-state index contributed by atoms with van der Waals surface area (Å²) >= 11 is 3.31. The van der Waals surface area contributed by atoms with Crippen LogP contribution in [0.5, 0.6) is 0 Å². The van der Waals surface area contributed by atoms with E-state index < -0.39 is 10.0 Å². The number of rotatable bonds is 6. The van der Waals surface area contributed by atoms with Crippen LogP contribution in [-0.4, -0.2) is 39.3 Å². The standard InChI is InChI=1S/C12H17BrN2O3S/c1-14-12(16)7-8-15(2)19(17,18)11-5-3-10(9-13)4-6-11/h3-6H,7-9H2,1-2H3,(H,14,16). The van der Waals surface area contributed by atoms with Gasteiger partial charge in [-0.2, -0.15) is 0 Å². The smallest absolute Gasteiger partial charge is 0.242 e. The quantitative estimate of drug-likeness (QED) is 0.788. The van der Waals surface area contributed by atoms with Crippen LogP contribution in [0.4, 0.5) is 0 Å². The Hall–Kier alpha value is -0.920. The van der Waals surface area contributed by atoms with E-state index >= 15 is 0 Å². The van der Waals surface area contributed by atoms with E-state index in [1.807, 2.05) is 0 Å². The van der Waals surface area contributed by atoms with Crippen molar-refractivity contribution in [3.05, 3.63) is 29.8 Å². The molecule has 0 aliphatic rings. The summed E-state index contributed by atoms with van der Waals surface area (Å²) in [4.78, 5) is 11.4. The van der Waals surface area contributed by atoms with Crippen molar-refractivity contribution in [1.82, 2.24) is 9.62 Å². The second kappa shape index (κ2) is 7.02. The van der Waals surface area contributed by atoms with E-state index in [1.165, 1.54) is 18.4 Å². The Morgan fingerprint density at radius 2 is 1.89 bits per heavy atom. The van der Waals surface area contributed by atoms with Gasteiger partial charge in [-0.25, -0.2) is 12.7 Å². The first-order valence-corrected chi connectivity index (χ1v) is 8.29. The first kappa shape index (κ1) is 16.1. The van der Waals surface area contributed by atoms with Crippen LogP contribution in [0.2, 0.25) is 0 Å². The molecule has 0 atom stereocenters. The van der Waals surface area contributed by atoms with Gasteiger partial charge in [-0.15, -0.1) is 0 Å². The monoisotopic (exact) mass is 348 g/mol. The number of halogens is 1. The van der Waals surface area contributed by atoms with Crippen LogP contribution >= 0.6 is 15.9 Å². The molecule has 0 fully saturated rings. The second-order valence-corrected chi connectivity index (χ2v) is 6.63. The third kappa shape index (κ3) is 4.29. The highest BCUT2D eigenvalue weighted by molar-refractivity contribution is 9.08. The summed E-state index contributed by atoms with van der Waals surface area (Å²) in [5.74, 6) is -0.184. The molecule has 0 saturated heterocycles. The molecule has 0 unspecified atom stereocenters.